The Kier molecular flexibility index (Phi) is 3.77. The number of hydrogen-bond donors (Lipinski definition) is 2. The van der Waals surface area contributed by atoms with Crippen LogP contribution in [0.2, 0.25) is 0 Å². The minimum Gasteiger partial charge on any atom is -0.508 e. The van der Waals surface area contributed by atoms with Gasteiger partial charge in [-0.25, -0.2) is 4.68 Å². The van der Waals surface area contributed by atoms with E-state index in [9.17, 15) is 5.11 Å². The molecule has 90 valence electrons. The average molecular weight is 231 g/mol. The van der Waals surface area contributed by atoms with Gasteiger partial charge in [-0.05, 0) is 44.1 Å². The second kappa shape index (κ2) is 5.50. The molecule has 1 aromatic carbocycles. The molecule has 1 aromatic heterocycles. The molecule has 2 rings (SSSR count). The normalized spacial score (nSPS) is 10.6. The quantitative estimate of drug-likeness (QED) is 0.770. The van der Waals surface area contributed by atoms with E-state index in [0.29, 0.717) is 0 Å². The number of nitrogens with zero attached hydrogens (tertiary/aromatic N) is 2. The van der Waals surface area contributed by atoms with E-state index in [2.05, 4.69) is 10.4 Å². The van der Waals surface area contributed by atoms with Crippen molar-refractivity contribution in [2.45, 2.75) is 12.8 Å². The Morgan fingerprint density at radius 1 is 1.41 bits per heavy atom. The standard InChI is InChI=1S/C13H17N3O/c1-14-7-3-4-11-9-15-16(10-11)12-5-2-6-13(17)8-12/h2,5-6,8-10,14,17H,3-4,7H2,1H3. The van der Waals surface area contributed by atoms with Gasteiger partial charge in [-0.1, -0.05) is 6.07 Å². The Labute approximate surface area is 101 Å². The minimum atomic E-state index is 0.259. The molecule has 2 aromatic rings. The average Bonchev–Trinajstić information content (AvgIpc) is 2.78. The number of aromatic nitrogens is 2. The molecule has 0 aliphatic rings. The van der Waals surface area contributed by atoms with Crippen molar-refractivity contribution in [3.05, 3.63) is 42.2 Å². The molecule has 0 fully saturated rings. The first-order chi connectivity index (χ1) is 8.29. The highest BCUT2D eigenvalue weighted by atomic mass is 16.3. The van der Waals surface area contributed by atoms with Gasteiger partial charge in [0.05, 0.1) is 11.9 Å². The summed E-state index contributed by atoms with van der Waals surface area (Å²) in [6, 6.07) is 7.09. The third-order valence-electron chi connectivity index (χ3n) is 2.62. The molecule has 0 spiro atoms. The van der Waals surface area contributed by atoms with Crippen molar-refractivity contribution in [2.24, 2.45) is 0 Å². The third kappa shape index (κ3) is 3.07. The van der Waals surface area contributed by atoms with Gasteiger partial charge in [-0.3, -0.25) is 0 Å². The van der Waals surface area contributed by atoms with Crippen LogP contribution in [0.5, 0.6) is 5.75 Å². The Morgan fingerprint density at radius 2 is 2.29 bits per heavy atom. The number of benzene rings is 1. The van der Waals surface area contributed by atoms with Crippen molar-refractivity contribution in [1.29, 1.82) is 0 Å². The molecule has 0 radical (unpaired) electrons. The molecule has 0 atom stereocenters. The lowest BCUT2D eigenvalue weighted by molar-refractivity contribution is 0.475. The highest BCUT2D eigenvalue weighted by Crippen LogP contribution is 2.15. The van der Waals surface area contributed by atoms with E-state index in [-0.39, 0.29) is 5.75 Å². The van der Waals surface area contributed by atoms with Crippen molar-refractivity contribution in [2.75, 3.05) is 13.6 Å². The van der Waals surface area contributed by atoms with E-state index < -0.39 is 0 Å². The minimum absolute atomic E-state index is 0.259. The molecule has 0 saturated heterocycles. The number of aromatic hydroxyl groups is 1. The molecule has 0 aliphatic carbocycles. The van der Waals surface area contributed by atoms with E-state index in [1.54, 1.807) is 16.8 Å². The molecule has 0 saturated carbocycles. The topological polar surface area (TPSA) is 50.1 Å². The van der Waals surface area contributed by atoms with E-state index in [0.717, 1.165) is 25.1 Å². The molecule has 4 nitrogen and oxygen atoms in total. The summed E-state index contributed by atoms with van der Waals surface area (Å²) in [5.74, 6) is 0.259. The molecule has 0 unspecified atom stereocenters. The molecule has 0 bridgehead atoms. The van der Waals surface area contributed by atoms with Crippen LogP contribution in [-0.2, 0) is 6.42 Å². The molecular formula is C13H17N3O. The molecule has 17 heavy (non-hydrogen) atoms. The summed E-state index contributed by atoms with van der Waals surface area (Å²) in [5, 5.41) is 16.8. The molecule has 2 N–H and O–H groups in total. The molecule has 0 amide bonds. The van der Waals surface area contributed by atoms with Gasteiger partial charge in [0.1, 0.15) is 5.75 Å². The molecular weight excluding hydrogens is 214 g/mol. The fourth-order valence-corrected chi connectivity index (χ4v) is 1.74. The van der Waals surface area contributed by atoms with Crippen molar-refractivity contribution in [3.8, 4) is 11.4 Å². The van der Waals surface area contributed by atoms with Gasteiger partial charge in [0.2, 0.25) is 0 Å². The first-order valence-corrected chi connectivity index (χ1v) is 5.77. The van der Waals surface area contributed by atoms with Crippen molar-refractivity contribution >= 4 is 0 Å². The van der Waals surface area contributed by atoms with Gasteiger partial charge in [-0.2, -0.15) is 5.10 Å². The molecule has 1 heterocycles. The second-order valence-corrected chi connectivity index (χ2v) is 4.02. The largest absolute Gasteiger partial charge is 0.508 e. The molecule has 4 heteroatoms. The first-order valence-electron chi connectivity index (χ1n) is 5.77. The van der Waals surface area contributed by atoms with Crippen LogP contribution < -0.4 is 5.32 Å². The van der Waals surface area contributed by atoms with E-state index in [4.69, 9.17) is 0 Å². The maximum Gasteiger partial charge on any atom is 0.117 e. The number of nitrogens with one attached hydrogen (secondary N) is 1. The zero-order chi connectivity index (χ0) is 12.1. The Morgan fingerprint density at radius 3 is 3.06 bits per heavy atom. The Hall–Kier alpha value is -1.81. The monoisotopic (exact) mass is 231 g/mol. The summed E-state index contributed by atoms with van der Waals surface area (Å²) in [6.45, 7) is 1.01. The maximum absolute atomic E-state index is 9.41. The SMILES string of the molecule is CNCCCc1cnn(-c2cccc(O)c2)c1. The number of phenolic OH excluding ortho intramolecular Hbond substituents is 1. The lowest BCUT2D eigenvalue weighted by Crippen LogP contribution is -2.08. The smallest absolute Gasteiger partial charge is 0.117 e. The van der Waals surface area contributed by atoms with Crippen molar-refractivity contribution < 1.29 is 5.11 Å². The second-order valence-electron chi connectivity index (χ2n) is 4.02. The lowest BCUT2D eigenvalue weighted by atomic mass is 10.2. The van der Waals surface area contributed by atoms with Crippen LogP contribution in [0.3, 0.4) is 0 Å². The van der Waals surface area contributed by atoms with Crippen LogP contribution >= 0.6 is 0 Å². The lowest BCUT2D eigenvalue weighted by Gasteiger charge is -2.01. The Balaban J connectivity index is 2.07. The highest BCUT2D eigenvalue weighted by Gasteiger charge is 2.01. The number of rotatable bonds is 5. The van der Waals surface area contributed by atoms with Gasteiger partial charge in [-0.15, -0.1) is 0 Å². The predicted octanol–water partition coefficient (Wildman–Crippen LogP) is 1.73. The maximum atomic E-state index is 9.41. The summed E-state index contributed by atoms with van der Waals surface area (Å²) in [6.07, 6.45) is 5.99. The summed E-state index contributed by atoms with van der Waals surface area (Å²) >= 11 is 0. The van der Waals surface area contributed by atoms with Gasteiger partial charge >= 0.3 is 0 Å². The summed E-state index contributed by atoms with van der Waals surface area (Å²) in [7, 11) is 1.95. The van der Waals surface area contributed by atoms with E-state index >= 15 is 0 Å². The fraction of sp³-hybridized carbons (Fsp3) is 0.308. The summed E-state index contributed by atoms with van der Waals surface area (Å²) in [5.41, 5.74) is 2.09. The van der Waals surface area contributed by atoms with Crippen LogP contribution in [0, 0.1) is 0 Å². The van der Waals surface area contributed by atoms with Gasteiger partial charge < -0.3 is 10.4 Å². The highest BCUT2D eigenvalue weighted by molar-refractivity contribution is 5.38. The number of phenols is 1. The van der Waals surface area contributed by atoms with Gasteiger partial charge in [0, 0.05) is 12.3 Å². The van der Waals surface area contributed by atoms with Crippen LogP contribution in [0.4, 0.5) is 0 Å². The van der Waals surface area contributed by atoms with E-state index in [1.807, 2.05) is 31.6 Å². The van der Waals surface area contributed by atoms with Crippen LogP contribution in [-0.4, -0.2) is 28.5 Å². The van der Waals surface area contributed by atoms with E-state index in [1.165, 1.54) is 5.56 Å². The van der Waals surface area contributed by atoms with Crippen LogP contribution in [0.15, 0.2) is 36.7 Å². The Bertz CT molecular complexity index is 479. The zero-order valence-electron chi connectivity index (χ0n) is 9.93. The third-order valence-corrected chi connectivity index (χ3v) is 2.62. The van der Waals surface area contributed by atoms with Crippen molar-refractivity contribution in [3.63, 3.8) is 0 Å². The number of aryl methyl sites for hydroxylation is 1. The fourth-order valence-electron chi connectivity index (χ4n) is 1.74. The van der Waals surface area contributed by atoms with Crippen molar-refractivity contribution in [1.82, 2.24) is 15.1 Å². The summed E-state index contributed by atoms with van der Waals surface area (Å²) < 4.78 is 1.79. The zero-order valence-corrected chi connectivity index (χ0v) is 9.93. The van der Waals surface area contributed by atoms with Crippen LogP contribution in [0.1, 0.15) is 12.0 Å². The first kappa shape index (κ1) is 11.7. The predicted molar refractivity (Wildman–Crippen MR) is 67.5 cm³/mol. The van der Waals surface area contributed by atoms with Gasteiger partial charge in [0.15, 0.2) is 0 Å². The molecule has 0 aliphatic heterocycles. The number of hydrogen-bond acceptors (Lipinski definition) is 3. The van der Waals surface area contributed by atoms with Crippen LogP contribution in [0.25, 0.3) is 5.69 Å². The summed E-state index contributed by atoms with van der Waals surface area (Å²) in [4.78, 5) is 0. The van der Waals surface area contributed by atoms with Gasteiger partial charge in [0.25, 0.3) is 0 Å².